The maximum atomic E-state index is 12.7. The van der Waals surface area contributed by atoms with Crippen molar-refractivity contribution in [2.24, 2.45) is 0 Å². The van der Waals surface area contributed by atoms with Gasteiger partial charge in [0.2, 0.25) is 10.0 Å². The van der Waals surface area contributed by atoms with Crippen molar-refractivity contribution >= 4 is 27.0 Å². The fraction of sp³-hybridized carbons (Fsp3) is 0.304. The second-order valence-corrected chi connectivity index (χ2v) is 9.11. The number of nitrogens with zero attached hydrogens (tertiary/aromatic N) is 1. The van der Waals surface area contributed by atoms with Gasteiger partial charge in [-0.15, -0.1) is 0 Å². The van der Waals surface area contributed by atoms with E-state index in [-0.39, 0.29) is 17.1 Å². The summed E-state index contributed by atoms with van der Waals surface area (Å²) < 4.78 is 37.5. The zero-order chi connectivity index (χ0) is 22.8. The molecule has 0 aliphatic carbocycles. The van der Waals surface area contributed by atoms with Crippen LogP contribution < -0.4 is 5.63 Å². The lowest BCUT2D eigenvalue weighted by Gasteiger charge is -2.18. The third-order valence-electron chi connectivity index (χ3n) is 5.29. The molecule has 7 nitrogen and oxygen atoms in total. The van der Waals surface area contributed by atoms with Crippen LogP contribution in [-0.4, -0.2) is 31.8 Å². The summed E-state index contributed by atoms with van der Waals surface area (Å²) in [5.41, 5.74) is 2.40. The molecule has 31 heavy (non-hydrogen) atoms. The zero-order valence-electron chi connectivity index (χ0n) is 18.0. The number of benzene rings is 2. The smallest absolute Gasteiger partial charge is 0.338 e. The molecule has 0 aliphatic heterocycles. The first-order chi connectivity index (χ1) is 14.7. The van der Waals surface area contributed by atoms with Gasteiger partial charge in [0, 0.05) is 30.1 Å². The molecular formula is C23H25NO6S. The highest BCUT2D eigenvalue weighted by molar-refractivity contribution is 7.89. The van der Waals surface area contributed by atoms with Crippen molar-refractivity contribution in [1.29, 1.82) is 0 Å². The molecule has 0 saturated carbocycles. The Morgan fingerprint density at radius 1 is 1.06 bits per heavy atom. The van der Waals surface area contributed by atoms with Crippen LogP contribution in [0.25, 0.3) is 11.0 Å². The number of hydrogen-bond acceptors (Lipinski definition) is 6. The van der Waals surface area contributed by atoms with Crippen LogP contribution in [0.5, 0.6) is 0 Å². The molecule has 3 rings (SSSR count). The van der Waals surface area contributed by atoms with E-state index in [9.17, 15) is 18.0 Å². The number of fused-ring (bicyclic) bond motifs is 1. The van der Waals surface area contributed by atoms with E-state index in [1.807, 2.05) is 26.0 Å². The van der Waals surface area contributed by atoms with E-state index in [0.29, 0.717) is 29.6 Å². The van der Waals surface area contributed by atoms with E-state index < -0.39 is 21.6 Å². The lowest BCUT2D eigenvalue weighted by Crippen LogP contribution is -2.30. The molecule has 1 heterocycles. The number of esters is 1. The van der Waals surface area contributed by atoms with Gasteiger partial charge in [-0.3, -0.25) is 0 Å². The maximum Gasteiger partial charge on any atom is 0.338 e. The summed E-state index contributed by atoms with van der Waals surface area (Å²) in [5, 5.41) is 0.688. The van der Waals surface area contributed by atoms with Crippen molar-refractivity contribution in [1.82, 2.24) is 4.31 Å². The molecule has 0 saturated heterocycles. The number of sulfonamides is 1. The first kappa shape index (κ1) is 22.7. The van der Waals surface area contributed by atoms with Gasteiger partial charge in [-0.25, -0.2) is 18.0 Å². The van der Waals surface area contributed by atoms with Gasteiger partial charge in [0.1, 0.15) is 12.2 Å². The Kier molecular flexibility index (Phi) is 6.62. The molecule has 8 heteroatoms. The van der Waals surface area contributed by atoms with Gasteiger partial charge in [-0.05, 0) is 43.2 Å². The van der Waals surface area contributed by atoms with E-state index in [2.05, 4.69) is 0 Å². The fourth-order valence-corrected chi connectivity index (χ4v) is 4.87. The predicted octanol–water partition coefficient (Wildman–Crippen LogP) is 3.80. The molecule has 0 atom stereocenters. The van der Waals surface area contributed by atoms with Crippen molar-refractivity contribution in [3.63, 3.8) is 0 Å². The summed E-state index contributed by atoms with van der Waals surface area (Å²) in [6.07, 6.45) is 0. The largest absolute Gasteiger partial charge is 0.457 e. The molecule has 0 amide bonds. The highest BCUT2D eigenvalue weighted by Gasteiger charge is 2.23. The summed E-state index contributed by atoms with van der Waals surface area (Å²) in [4.78, 5) is 24.6. The third kappa shape index (κ3) is 4.55. The third-order valence-corrected chi connectivity index (χ3v) is 7.33. The van der Waals surface area contributed by atoms with Crippen molar-refractivity contribution in [2.45, 2.75) is 39.2 Å². The molecule has 3 aromatic rings. The summed E-state index contributed by atoms with van der Waals surface area (Å²) in [7, 11) is -3.70. The average Bonchev–Trinajstić information content (AvgIpc) is 2.75. The molecule has 1 aromatic heterocycles. The van der Waals surface area contributed by atoms with Gasteiger partial charge in [0.15, 0.2) is 0 Å². The van der Waals surface area contributed by atoms with E-state index in [1.54, 1.807) is 13.8 Å². The quantitative estimate of drug-likeness (QED) is 0.407. The molecule has 0 spiro atoms. The lowest BCUT2D eigenvalue weighted by molar-refractivity contribution is 0.0473. The van der Waals surface area contributed by atoms with E-state index in [0.717, 1.165) is 11.1 Å². The monoisotopic (exact) mass is 443 g/mol. The topological polar surface area (TPSA) is 93.9 Å². The molecule has 2 aromatic carbocycles. The molecule has 0 fully saturated rings. The van der Waals surface area contributed by atoms with Gasteiger partial charge < -0.3 is 9.15 Å². The Balaban J connectivity index is 1.87. The van der Waals surface area contributed by atoms with Crippen LogP contribution in [0.1, 0.15) is 40.9 Å². The second-order valence-electron chi connectivity index (χ2n) is 7.17. The van der Waals surface area contributed by atoms with E-state index in [1.165, 1.54) is 34.6 Å². The van der Waals surface area contributed by atoms with Crippen LogP contribution in [0.4, 0.5) is 0 Å². The summed E-state index contributed by atoms with van der Waals surface area (Å²) in [5.74, 6) is -0.679. The minimum absolute atomic E-state index is 0.0301. The van der Waals surface area contributed by atoms with Crippen LogP contribution in [0.2, 0.25) is 0 Å². The lowest BCUT2D eigenvalue weighted by atomic mass is 10.0. The summed E-state index contributed by atoms with van der Waals surface area (Å²) >= 11 is 0. The number of ether oxygens (including phenoxy) is 1. The SMILES string of the molecule is CCN(CC)S(=O)(=O)c1cccc(C(=O)OCc2cc(=O)oc3c(C)c(C)ccc23)c1. The molecule has 0 N–H and O–H groups in total. The minimum atomic E-state index is -3.70. The zero-order valence-corrected chi connectivity index (χ0v) is 18.8. The maximum absolute atomic E-state index is 12.7. The molecule has 0 unspecified atom stereocenters. The van der Waals surface area contributed by atoms with Gasteiger partial charge in [0.25, 0.3) is 0 Å². The normalized spacial score (nSPS) is 11.8. The van der Waals surface area contributed by atoms with Gasteiger partial charge >= 0.3 is 11.6 Å². The Labute approximate surface area is 181 Å². The number of aryl methyl sites for hydroxylation is 2. The summed E-state index contributed by atoms with van der Waals surface area (Å²) in [6, 6.07) is 10.8. The van der Waals surface area contributed by atoms with Crippen LogP contribution in [0, 0.1) is 13.8 Å². The van der Waals surface area contributed by atoms with E-state index >= 15 is 0 Å². The average molecular weight is 444 g/mol. The number of carbonyl (C=O) groups excluding carboxylic acids is 1. The van der Waals surface area contributed by atoms with Crippen LogP contribution in [0.15, 0.2) is 56.6 Å². The molecule has 164 valence electrons. The highest BCUT2D eigenvalue weighted by atomic mass is 32.2. The van der Waals surface area contributed by atoms with Crippen molar-refractivity contribution in [3.8, 4) is 0 Å². The number of hydrogen-bond donors (Lipinski definition) is 0. The Bertz CT molecular complexity index is 1290. The predicted molar refractivity (Wildman–Crippen MR) is 118 cm³/mol. The number of rotatable bonds is 7. The van der Waals surface area contributed by atoms with Crippen LogP contribution in [-0.2, 0) is 21.4 Å². The molecule has 0 radical (unpaired) electrons. The van der Waals surface area contributed by atoms with Gasteiger partial charge in [0.05, 0.1) is 10.5 Å². The first-order valence-electron chi connectivity index (χ1n) is 9.99. The van der Waals surface area contributed by atoms with E-state index in [4.69, 9.17) is 9.15 Å². The Hall–Kier alpha value is -2.97. The molecular weight excluding hydrogens is 418 g/mol. The van der Waals surface area contributed by atoms with Crippen molar-refractivity contribution in [2.75, 3.05) is 13.1 Å². The molecule has 0 aliphatic rings. The standard InChI is InChI=1S/C23H25NO6S/c1-5-24(6-2)31(27,28)19-9-7-8-17(12-19)23(26)29-14-18-13-21(25)30-22-16(4)15(3)10-11-20(18)22/h7-13H,5-6,14H2,1-4H3. The highest BCUT2D eigenvalue weighted by Crippen LogP contribution is 2.24. The van der Waals surface area contributed by atoms with Gasteiger partial charge in [-0.2, -0.15) is 4.31 Å². The number of carbonyl (C=O) groups is 1. The van der Waals surface area contributed by atoms with Crippen molar-refractivity contribution < 1.29 is 22.4 Å². The van der Waals surface area contributed by atoms with Crippen molar-refractivity contribution in [3.05, 3.63) is 75.1 Å². The van der Waals surface area contributed by atoms with Crippen LogP contribution in [0.3, 0.4) is 0 Å². The van der Waals surface area contributed by atoms with Crippen LogP contribution >= 0.6 is 0 Å². The minimum Gasteiger partial charge on any atom is -0.457 e. The second kappa shape index (κ2) is 9.03. The summed E-state index contributed by atoms with van der Waals surface area (Å²) in [6.45, 7) is 7.80. The molecule has 0 bridgehead atoms. The van der Waals surface area contributed by atoms with Gasteiger partial charge in [-0.1, -0.05) is 32.0 Å². The fourth-order valence-electron chi connectivity index (χ4n) is 3.37. The first-order valence-corrected chi connectivity index (χ1v) is 11.4. The Morgan fingerprint density at radius 2 is 1.77 bits per heavy atom. The Morgan fingerprint density at radius 3 is 2.45 bits per heavy atom.